The molecule has 2 aromatic carbocycles. The van der Waals surface area contributed by atoms with Gasteiger partial charge in [0.2, 0.25) is 0 Å². The van der Waals surface area contributed by atoms with E-state index in [1.165, 1.54) is 7.11 Å². The zero-order valence-corrected chi connectivity index (χ0v) is 15.4. The van der Waals surface area contributed by atoms with E-state index < -0.39 is 17.9 Å². The van der Waals surface area contributed by atoms with Crippen LogP contribution in [0.4, 0.5) is 4.79 Å². The standard InChI is InChI=1S/C19H15BrN2O4/c1-26-18(24)14-6-2-12(3-7-14)10-16-17(23)22(19(25)21-16)11-13-4-8-15(20)9-5-13/h2-10H,11H2,1H3,(H,21,25). The van der Waals surface area contributed by atoms with E-state index >= 15 is 0 Å². The Morgan fingerprint density at radius 1 is 1.12 bits per heavy atom. The van der Waals surface area contributed by atoms with Gasteiger partial charge in [-0.25, -0.2) is 9.59 Å². The highest BCUT2D eigenvalue weighted by Gasteiger charge is 2.33. The second kappa shape index (κ2) is 7.53. The maximum absolute atomic E-state index is 12.5. The van der Waals surface area contributed by atoms with Gasteiger partial charge in [-0.1, -0.05) is 40.2 Å². The van der Waals surface area contributed by atoms with E-state index in [0.717, 1.165) is 14.9 Å². The third-order valence-electron chi connectivity index (χ3n) is 3.86. The molecule has 132 valence electrons. The molecule has 1 saturated heterocycles. The Morgan fingerprint density at radius 3 is 2.38 bits per heavy atom. The first-order chi connectivity index (χ1) is 12.5. The highest BCUT2D eigenvalue weighted by Crippen LogP contribution is 2.18. The predicted octanol–water partition coefficient (Wildman–Crippen LogP) is 3.33. The van der Waals surface area contributed by atoms with Crippen molar-refractivity contribution in [1.82, 2.24) is 10.2 Å². The summed E-state index contributed by atoms with van der Waals surface area (Å²) in [5.41, 5.74) is 2.14. The second-order valence-electron chi connectivity index (χ2n) is 5.62. The van der Waals surface area contributed by atoms with Crippen LogP contribution in [0.25, 0.3) is 6.08 Å². The van der Waals surface area contributed by atoms with Crippen molar-refractivity contribution >= 4 is 39.9 Å². The van der Waals surface area contributed by atoms with Crippen LogP contribution in [-0.2, 0) is 16.1 Å². The lowest BCUT2D eigenvalue weighted by Crippen LogP contribution is -2.30. The molecule has 1 aliphatic rings. The molecule has 6 nitrogen and oxygen atoms in total. The number of hydrogen-bond acceptors (Lipinski definition) is 4. The Labute approximate surface area is 158 Å². The maximum Gasteiger partial charge on any atom is 0.337 e. The summed E-state index contributed by atoms with van der Waals surface area (Å²) < 4.78 is 5.57. The van der Waals surface area contributed by atoms with E-state index in [2.05, 4.69) is 26.0 Å². The van der Waals surface area contributed by atoms with Gasteiger partial charge in [-0.15, -0.1) is 0 Å². The number of nitrogens with zero attached hydrogens (tertiary/aromatic N) is 1. The summed E-state index contributed by atoms with van der Waals surface area (Å²) in [5, 5.41) is 2.58. The minimum atomic E-state index is -0.463. The van der Waals surface area contributed by atoms with Crippen molar-refractivity contribution in [1.29, 1.82) is 0 Å². The molecule has 26 heavy (non-hydrogen) atoms. The summed E-state index contributed by atoms with van der Waals surface area (Å²) in [6.07, 6.45) is 1.57. The van der Waals surface area contributed by atoms with Crippen molar-refractivity contribution in [3.63, 3.8) is 0 Å². The molecule has 0 radical (unpaired) electrons. The first kappa shape index (κ1) is 17.9. The number of amides is 3. The highest BCUT2D eigenvalue weighted by atomic mass is 79.9. The molecule has 1 aliphatic heterocycles. The SMILES string of the molecule is COC(=O)c1ccc(C=C2NC(=O)N(Cc3ccc(Br)cc3)C2=O)cc1. The van der Waals surface area contributed by atoms with Gasteiger partial charge in [-0.05, 0) is 41.5 Å². The average molecular weight is 415 g/mol. The number of ether oxygens (including phenoxy) is 1. The topological polar surface area (TPSA) is 75.7 Å². The van der Waals surface area contributed by atoms with E-state index in [9.17, 15) is 14.4 Å². The van der Waals surface area contributed by atoms with E-state index in [0.29, 0.717) is 11.1 Å². The molecule has 0 spiro atoms. The molecule has 0 unspecified atom stereocenters. The van der Waals surface area contributed by atoms with E-state index in [1.54, 1.807) is 30.3 Å². The van der Waals surface area contributed by atoms with Crippen molar-refractivity contribution in [2.75, 3.05) is 7.11 Å². The van der Waals surface area contributed by atoms with Gasteiger partial charge in [-0.3, -0.25) is 9.69 Å². The van der Waals surface area contributed by atoms with Gasteiger partial charge in [-0.2, -0.15) is 0 Å². The van der Waals surface area contributed by atoms with Crippen LogP contribution in [-0.4, -0.2) is 29.9 Å². The first-order valence-electron chi connectivity index (χ1n) is 7.75. The molecule has 7 heteroatoms. The number of imide groups is 1. The maximum atomic E-state index is 12.5. The van der Waals surface area contributed by atoms with E-state index in [4.69, 9.17) is 0 Å². The molecule has 3 rings (SSSR count). The number of nitrogens with one attached hydrogen (secondary N) is 1. The second-order valence-corrected chi connectivity index (χ2v) is 6.54. The largest absolute Gasteiger partial charge is 0.465 e. The normalized spacial score (nSPS) is 15.3. The first-order valence-corrected chi connectivity index (χ1v) is 8.54. The number of carbonyl (C=O) groups excluding carboxylic acids is 3. The van der Waals surface area contributed by atoms with Gasteiger partial charge in [0.25, 0.3) is 5.91 Å². The van der Waals surface area contributed by atoms with Crippen molar-refractivity contribution in [3.8, 4) is 0 Å². The Balaban J connectivity index is 1.76. The molecule has 0 atom stereocenters. The number of halogens is 1. The number of rotatable bonds is 4. The molecule has 0 bridgehead atoms. The van der Waals surface area contributed by atoms with Gasteiger partial charge in [0.15, 0.2) is 0 Å². The number of benzene rings is 2. The molecule has 2 aromatic rings. The minimum absolute atomic E-state index is 0.191. The number of methoxy groups -OCH3 is 1. The molecule has 0 aliphatic carbocycles. The summed E-state index contributed by atoms with van der Waals surface area (Å²) in [6, 6.07) is 13.5. The third kappa shape index (κ3) is 3.83. The van der Waals surface area contributed by atoms with Crippen LogP contribution in [0.5, 0.6) is 0 Å². The monoisotopic (exact) mass is 414 g/mol. The Morgan fingerprint density at radius 2 is 1.77 bits per heavy atom. The Kier molecular flexibility index (Phi) is 5.18. The van der Waals surface area contributed by atoms with E-state index in [-0.39, 0.29) is 12.2 Å². The summed E-state index contributed by atoms with van der Waals surface area (Å²) in [6.45, 7) is 0.191. The molecule has 0 aromatic heterocycles. The Hall–Kier alpha value is -2.93. The minimum Gasteiger partial charge on any atom is -0.465 e. The molecule has 1 fully saturated rings. The van der Waals surface area contributed by atoms with Gasteiger partial charge >= 0.3 is 12.0 Å². The van der Waals surface area contributed by atoms with Crippen LogP contribution in [0.1, 0.15) is 21.5 Å². The zero-order valence-electron chi connectivity index (χ0n) is 13.9. The summed E-state index contributed by atoms with van der Waals surface area (Å²) >= 11 is 3.35. The number of urea groups is 1. The molecular formula is C19H15BrN2O4. The molecule has 3 amide bonds. The molecule has 0 saturated carbocycles. The zero-order chi connectivity index (χ0) is 18.7. The summed E-state index contributed by atoms with van der Waals surface area (Å²) in [5.74, 6) is -0.829. The average Bonchev–Trinajstić information content (AvgIpc) is 2.91. The van der Waals surface area contributed by atoms with Crippen LogP contribution in [0.15, 0.2) is 58.7 Å². The number of esters is 1. The van der Waals surface area contributed by atoms with Crippen LogP contribution in [0.3, 0.4) is 0 Å². The predicted molar refractivity (Wildman–Crippen MR) is 99.0 cm³/mol. The van der Waals surface area contributed by atoms with Gasteiger partial charge in [0.05, 0.1) is 19.2 Å². The third-order valence-corrected chi connectivity index (χ3v) is 4.39. The Bertz CT molecular complexity index is 889. The fraction of sp³-hybridized carbons (Fsp3) is 0.105. The van der Waals surface area contributed by atoms with Crippen LogP contribution < -0.4 is 5.32 Å². The van der Waals surface area contributed by atoms with Crippen molar-refractivity contribution in [3.05, 3.63) is 75.4 Å². The van der Waals surface area contributed by atoms with Gasteiger partial charge in [0, 0.05) is 4.47 Å². The van der Waals surface area contributed by atoms with Crippen molar-refractivity contribution in [2.24, 2.45) is 0 Å². The van der Waals surface area contributed by atoms with Crippen molar-refractivity contribution < 1.29 is 19.1 Å². The fourth-order valence-electron chi connectivity index (χ4n) is 2.49. The molecule has 1 N–H and O–H groups in total. The fourth-order valence-corrected chi connectivity index (χ4v) is 2.75. The van der Waals surface area contributed by atoms with Crippen molar-refractivity contribution in [2.45, 2.75) is 6.54 Å². The summed E-state index contributed by atoms with van der Waals surface area (Å²) in [7, 11) is 1.31. The molecular weight excluding hydrogens is 400 g/mol. The van der Waals surface area contributed by atoms with Gasteiger partial charge in [0.1, 0.15) is 5.70 Å². The van der Waals surface area contributed by atoms with E-state index in [1.807, 2.05) is 24.3 Å². The smallest absolute Gasteiger partial charge is 0.337 e. The highest BCUT2D eigenvalue weighted by molar-refractivity contribution is 9.10. The lowest BCUT2D eigenvalue weighted by molar-refractivity contribution is -0.123. The quantitative estimate of drug-likeness (QED) is 0.472. The van der Waals surface area contributed by atoms with Crippen LogP contribution in [0.2, 0.25) is 0 Å². The lowest BCUT2D eigenvalue weighted by atomic mass is 10.1. The molecule has 1 heterocycles. The number of carbonyl (C=O) groups is 3. The summed E-state index contributed by atoms with van der Waals surface area (Å²) in [4.78, 5) is 37.2. The lowest BCUT2D eigenvalue weighted by Gasteiger charge is -2.11. The van der Waals surface area contributed by atoms with Crippen LogP contribution in [0, 0.1) is 0 Å². The van der Waals surface area contributed by atoms with Gasteiger partial charge < -0.3 is 10.1 Å². The number of hydrogen-bond donors (Lipinski definition) is 1. The van der Waals surface area contributed by atoms with Crippen LogP contribution >= 0.6 is 15.9 Å².